The molecule has 0 aromatic heterocycles. The number of ether oxygens (including phenoxy) is 2. The summed E-state index contributed by atoms with van der Waals surface area (Å²) in [6, 6.07) is -0.178. The quantitative estimate of drug-likeness (QED) is 0.656. The number of halogens is 2. The van der Waals surface area contributed by atoms with Crippen molar-refractivity contribution in [3.8, 4) is 0 Å². The van der Waals surface area contributed by atoms with Gasteiger partial charge in [0, 0.05) is 33.4 Å². The molecule has 1 heterocycles. The van der Waals surface area contributed by atoms with Crippen LogP contribution in [-0.4, -0.2) is 70.0 Å². The zero-order valence-corrected chi connectivity index (χ0v) is 13.8. The van der Waals surface area contributed by atoms with E-state index in [1.165, 1.54) is 13.5 Å². The lowest BCUT2D eigenvalue weighted by Crippen LogP contribution is -2.48. The van der Waals surface area contributed by atoms with Gasteiger partial charge >= 0.3 is 0 Å². The number of nitrogens with two attached hydrogens (primary N) is 1. The zero-order chi connectivity index (χ0) is 13.4. The summed E-state index contributed by atoms with van der Waals surface area (Å²) in [6.45, 7) is 3.63. The molecule has 2 unspecified atom stereocenters. The van der Waals surface area contributed by atoms with Gasteiger partial charge in [-0.05, 0) is 19.4 Å². The molecule has 0 bridgehead atoms. The number of likely N-dealkylation sites (tertiary alicyclic amines) is 1. The number of nitrogens with zero attached hydrogens (tertiary/aromatic N) is 1. The molecule has 3 N–H and O–H groups in total. The van der Waals surface area contributed by atoms with Crippen LogP contribution in [0.25, 0.3) is 0 Å². The molecule has 8 heteroatoms. The van der Waals surface area contributed by atoms with Gasteiger partial charge in [-0.3, -0.25) is 9.69 Å². The molecule has 2 atom stereocenters. The maximum atomic E-state index is 11.7. The summed E-state index contributed by atoms with van der Waals surface area (Å²) in [5.41, 5.74) is 5.66. The number of carbonyl (C=O) groups excluding carboxylic acids is 1. The Morgan fingerprint density at radius 2 is 2.10 bits per heavy atom. The highest BCUT2D eigenvalue weighted by Crippen LogP contribution is 2.15. The van der Waals surface area contributed by atoms with Crippen LogP contribution in [0.3, 0.4) is 0 Å². The normalized spacial score (nSPS) is 19.9. The second-order valence-electron chi connectivity index (χ2n) is 4.63. The third-order valence-corrected chi connectivity index (χ3v) is 3.28. The molecule has 6 nitrogen and oxygen atoms in total. The van der Waals surface area contributed by atoms with Crippen molar-refractivity contribution in [2.45, 2.75) is 24.9 Å². The van der Waals surface area contributed by atoms with Crippen LogP contribution in [0, 0.1) is 0 Å². The van der Waals surface area contributed by atoms with Crippen LogP contribution < -0.4 is 11.1 Å². The summed E-state index contributed by atoms with van der Waals surface area (Å²) < 4.78 is 9.94. The standard InChI is InChI=1S/C12H25N3O3.2ClH/c1-17-7-6-15-5-3-4-10(15)8-14-12(16)11(13)9-18-2;;/h10-11H,3-9,13H2,1-2H3,(H,14,16);2*1H. The summed E-state index contributed by atoms with van der Waals surface area (Å²) in [5.74, 6) is -0.143. The Bertz CT molecular complexity index is 260. The number of methoxy groups -OCH3 is 2. The van der Waals surface area contributed by atoms with Gasteiger partial charge < -0.3 is 20.5 Å². The lowest BCUT2D eigenvalue weighted by atomic mass is 10.2. The maximum absolute atomic E-state index is 11.7. The molecule has 20 heavy (non-hydrogen) atoms. The van der Waals surface area contributed by atoms with E-state index in [-0.39, 0.29) is 37.3 Å². The Balaban J connectivity index is 0. The molecule has 0 aromatic carbocycles. The van der Waals surface area contributed by atoms with E-state index in [0.717, 1.165) is 26.1 Å². The third kappa shape index (κ3) is 7.61. The highest BCUT2D eigenvalue weighted by molar-refractivity contribution is 5.85. The number of amides is 1. The van der Waals surface area contributed by atoms with E-state index >= 15 is 0 Å². The molecule has 1 amide bonds. The molecule has 0 radical (unpaired) electrons. The van der Waals surface area contributed by atoms with E-state index in [1.807, 2.05) is 0 Å². The minimum atomic E-state index is -0.580. The van der Waals surface area contributed by atoms with Gasteiger partial charge in [0.05, 0.1) is 13.2 Å². The van der Waals surface area contributed by atoms with Gasteiger partial charge in [0.15, 0.2) is 0 Å². The average molecular weight is 332 g/mol. The number of carbonyl (C=O) groups is 1. The van der Waals surface area contributed by atoms with Crippen molar-refractivity contribution < 1.29 is 14.3 Å². The Kier molecular flexibility index (Phi) is 14.0. The van der Waals surface area contributed by atoms with Crippen molar-refractivity contribution in [2.75, 3.05) is 47.1 Å². The Labute approximate surface area is 133 Å². The number of hydrogen-bond donors (Lipinski definition) is 2. The SMILES string of the molecule is COCCN1CCCC1CNC(=O)C(N)COC.Cl.Cl. The van der Waals surface area contributed by atoms with Crippen LogP contribution >= 0.6 is 24.8 Å². The van der Waals surface area contributed by atoms with Crippen LogP contribution in [0.15, 0.2) is 0 Å². The molecule has 0 spiro atoms. The zero-order valence-electron chi connectivity index (χ0n) is 12.2. The summed E-state index contributed by atoms with van der Waals surface area (Å²) in [4.78, 5) is 14.0. The molecule has 0 saturated carbocycles. The Hall–Kier alpha value is -0.110. The topological polar surface area (TPSA) is 76.8 Å². The van der Waals surface area contributed by atoms with E-state index in [4.69, 9.17) is 15.2 Å². The maximum Gasteiger partial charge on any atom is 0.239 e. The molecule has 1 fully saturated rings. The molecule has 0 aliphatic carbocycles. The van der Waals surface area contributed by atoms with Gasteiger partial charge in [-0.1, -0.05) is 0 Å². The first-order valence-corrected chi connectivity index (χ1v) is 6.44. The predicted molar refractivity (Wildman–Crippen MR) is 83.8 cm³/mol. The molecular weight excluding hydrogens is 305 g/mol. The summed E-state index contributed by atoms with van der Waals surface area (Å²) in [6.07, 6.45) is 2.29. The summed E-state index contributed by atoms with van der Waals surface area (Å²) >= 11 is 0. The fourth-order valence-corrected chi connectivity index (χ4v) is 2.23. The van der Waals surface area contributed by atoms with Crippen LogP contribution in [0.1, 0.15) is 12.8 Å². The van der Waals surface area contributed by atoms with Crippen LogP contribution in [0.4, 0.5) is 0 Å². The first kappa shape index (κ1) is 22.2. The molecule has 0 aromatic rings. The summed E-state index contributed by atoms with van der Waals surface area (Å²) in [7, 11) is 3.24. The van der Waals surface area contributed by atoms with Crippen molar-refractivity contribution in [3.05, 3.63) is 0 Å². The lowest BCUT2D eigenvalue weighted by Gasteiger charge is -2.24. The van der Waals surface area contributed by atoms with Gasteiger partial charge in [-0.2, -0.15) is 0 Å². The average Bonchev–Trinajstić information content (AvgIpc) is 2.81. The van der Waals surface area contributed by atoms with Crippen LogP contribution in [0.2, 0.25) is 0 Å². The molecule has 122 valence electrons. The van der Waals surface area contributed by atoms with Gasteiger partial charge in [0.1, 0.15) is 6.04 Å². The number of rotatable bonds is 8. The minimum Gasteiger partial charge on any atom is -0.383 e. The minimum absolute atomic E-state index is 0. The monoisotopic (exact) mass is 331 g/mol. The third-order valence-electron chi connectivity index (χ3n) is 3.28. The molecule has 1 aliphatic heterocycles. The van der Waals surface area contributed by atoms with Crippen molar-refractivity contribution in [1.29, 1.82) is 0 Å². The Morgan fingerprint density at radius 3 is 2.70 bits per heavy atom. The molecule has 1 aliphatic rings. The van der Waals surface area contributed by atoms with E-state index < -0.39 is 6.04 Å². The first-order chi connectivity index (χ1) is 8.69. The van der Waals surface area contributed by atoms with E-state index in [9.17, 15) is 4.79 Å². The highest BCUT2D eigenvalue weighted by Gasteiger charge is 2.25. The fraction of sp³-hybridized carbons (Fsp3) is 0.917. The van der Waals surface area contributed by atoms with E-state index in [2.05, 4.69) is 10.2 Å². The number of hydrogen-bond acceptors (Lipinski definition) is 5. The van der Waals surface area contributed by atoms with Gasteiger partial charge in [0.2, 0.25) is 5.91 Å². The Morgan fingerprint density at radius 1 is 1.40 bits per heavy atom. The molecular formula is C12H27Cl2N3O3. The second kappa shape index (κ2) is 12.6. The number of nitrogens with one attached hydrogen (secondary N) is 1. The largest absolute Gasteiger partial charge is 0.383 e. The van der Waals surface area contributed by atoms with Gasteiger partial charge in [-0.25, -0.2) is 0 Å². The lowest BCUT2D eigenvalue weighted by molar-refractivity contribution is -0.123. The van der Waals surface area contributed by atoms with Crippen LogP contribution in [-0.2, 0) is 14.3 Å². The molecule has 1 saturated heterocycles. The smallest absolute Gasteiger partial charge is 0.239 e. The van der Waals surface area contributed by atoms with Crippen molar-refractivity contribution in [3.63, 3.8) is 0 Å². The highest BCUT2D eigenvalue weighted by atomic mass is 35.5. The van der Waals surface area contributed by atoms with Crippen molar-refractivity contribution in [1.82, 2.24) is 10.2 Å². The predicted octanol–water partition coefficient (Wildman–Crippen LogP) is 0.0307. The van der Waals surface area contributed by atoms with Crippen molar-refractivity contribution in [2.24, 2.45) is 5.73 Å². The molecule has 1 rings (SSSR count). The first-order valence-electron chi connectivity index (χ1n) is 6.44. The van der Waals surface area contributed by atoms with Gasteiger partial charge in [0.25, 0.3) is 0 Å². The van der Waals surface area contributed by atoms with E-state index in [1.54, 1.807) is 7.11 Å². The van der Waals surface area contributed by atoms with E-state index in [0.29, 0.717) is 12.6 Å². The fourth-order valence-electron chi connectivity index (χ4n) is 2.23. The second-order valence-corrected chi connectivity index (χ2v) is 4.63. The van der Waals surface area contributed by atoms with Gasteiger partial charge in [-0.15, -0.1) is 24.8 Å². The summed E-state index contributed by atoms with van der Waals surface area (Å²) in [5, 5.41) is 2.89. The van der Waals surface area contributed by atoms with Crippen LogP contribution in [0.5, 0.6) is 0 Å². The van der Waals surface area contributed by atoms with Crippen molar-refractivity contribution >= 4 is 30.7 Å².